The lowest BCUT2D eigenvalue weighted by Gasteiger charge is -2.35. The van der Waals surface area contributed by atoms with E-state index in [9.17, 15) is 8.42 Å². The number of sulfonamides is 1. The maximum Gasteiger partial charge on any atom is 0.243 e. The molecule has 0 aliphatic carbocycles. The van der Waals surface area contributed by atoms with Crippen LogP contribution in [0.5, 0.6) is 0 Å². The summed E-state index contributed by atoms with van der Waals surface area (Å²) in [5, 5.41) is 0. The number of rotatable bonds is 4. The molecule has 0 saturated carbocycles. The Morgan fingerprint density at radius 3 is 2.23 bits per heavy atom. The largest absolute Gasteiger partial charge is 0.354 e. The van der Waals surface area contributed by atoms with Gasteiger partial charge in [0.2, 0.25) is 10.0 Å². The van der Waals surface area contributed by atoms with Crippen LogP contribution >= 0.6 is 0 Å². The second-order valence-corrected chi connectivity index (χ2v) is 9.59. The minimum atomic E-state index is -3.51. The van der Waals surface area contributed by atoms with Gasteiger partial charge >= 0.3 is 0 Å². The molecule has 0 amide bonds. The summed E-state index contributed by atoms with van der Waals surface area (Å²) in [4.78, 5) is 15.6. The first-order valence-electron chi connectivity index (χ1n) is 9.92. The maximum absolute atomic E-state index is 13.2. The van der Waals surface area contributed by atoms with E-state index in [0.717, 1.165) is 34.2 Å². The molecule has 0 atom stereocenters. The Kier molecular flexibility index (Phi) is 5.33. The first-order chi connectivity index (χ1) is 14.3. The predicted molar refractivity (Wildman–Crippen MR) is 116 cm³/mol. The molecule has 0 radical (unpaired) electrons. The van der Waals surface area contributed by atoms with Crippen LogP contribution < -0.4 is 4.90 Å². The third-order valence-corrected chi connectivity index (χ3v) is 7.70. The molecular weight excluding hydrogens is 400 g/mol. The molecule has 0 bridgehead atoms. The highest BCUT2D eigenvalue weighted by Crippen LogP contribution is 2.24. The van der Waals surface area contributed by atoms with Gasteiger partial charge in [0.25, 0.3) is 0 Å². The number of piperazine rings is 1. The zero-order chi connectivity index (χ0) is 21.5. The Morgan fingerprint density at radius 1 is 0.867 bits per heavy atom. The number of aryl methyl sites for hydroxylation is 3. The number of hydrogen-bond donors (Lipinski definition) is 0. The van der Waals surface area contributed by atoms with Crippen molar-refractivity contribution in [1.29, 1.82) is 0 Å². The lowest BCUT2D eigenvalue weighted by molar-refractivity contribution is 0.383. The van der Waals surface area contributed by atoms with Crippen LogP contribution in [0.2, 0.25) is 0 Å². The number of nitrogens with zero attached hydrogens (tertiary/aromatic N) is 6. The highest BCUT2D eigenvalue weighted by atomic mass is 32.2. The lowest BCUT2D eigenvalue weighted by Crippen LogP contribution is -2.49. The average Bonchev–Trinajstić information content (AvgIpc) is 3.08. The fourth-order valence-electron chi connectivity index (χ4n) is 3.65. The Labute approximate surface area is 177 Å². The van der Waals surface area contributed by atoms with Crippen LogP contribution in [0.3, 0.4) is 0 Å². The second-order valence-electron chi connectivity index (χ2n) is 7.68. The van der Waals surface area contributed by atoms with Gasteiger partial charge in [0.15, 0.2) is 0 Å². The van der Waals surface area contributed by atoms with Gasteiger partial charge in [0.05, 0.1) is 10.6 Å². The molecule has 1 fully saturated rings. The van der Waals surface area contributed by atoms with E-state index in [1.807, 2.05) is 50.5 Å². The highest BCUT2D eigenvalue weighted by Gasteiger charge is 2.30. The monoisotopic (exact) mass is 426 g/mol. The van der Waals surface area contributed by atoms with Gasteiger partial charge in [-0.2, -0.15) is 4.31 Å². The zero-order valence-electron chi connectivity index (χ0n) is 17.7. The van der Waals surface area contributed by atoms with Crippen molar-refractivity contribution in [2.45, 2.75) is 32.6 Å². The van der Waals surface area contributed by atoms with Crippen LogP contribution in [0, 0.1) is 27.7 Å². The van der Waals surface area contributed by atoms with E-state index in [2.05, 4.69) is 19.9 Å². The summed E-state index contributed by atoms with van der Waals surface area (Å²) < 4.78 is 29.8. The van der Waals surface area contributed by atoms with Crippen molar-refractivity contribution in [2.24, 2.45) is 0 Å². The maximum atomic E-state index is 13.2. The second kappa shape index (κ2) is 7.81. The summed E-state index contributed by atoms with van der Waals surface area (Å²) in [6, 6.07) is 7.47. The van der Waals surface area contributed by atoms with Crippen molar-refractivity contribution in [3.05, 3.63) is 59.4 Å². The molecule has 158 valence electrons. The number of anilines is 1. The molecule has 9 heteroatoms. The van der Waals surface area contributed by atoms with E-state index in [1.165, 1.54) is 0 Å². The number of aromatic nitrogens is 4. The van der Waals surface area contributed by atoms with Gasteiger partial charge in [-0.15, -0.1) is 0 Å². The zero-order valence-corrected chi connectivity index (χ0v) is 18.5. The third kappa shape index (κ3) is 3.70. The van der Waals surface area contributed by atoms with Crippen LogP contribution in [0.15, 0.2) is 41.8 Å². The van der Waals surface area contributed by atoms with Crippen molar-refractivity contribution >= 4 is 15.8 Å². The van der Waals surface area contributed by atoms with Crippen molar-refractivity contribution in [2.75, 3.05) is 31.1 Å². The molecule has 2 aromatic heterocycles. The Bertz CT molecular complexity index is 1180. The first kappa shape index (κ1) is 20.5. The smallest absolute Gasteiger partial charge is 0.243 e. The van der Waals surface area contributed by atoms with E-state index in [-0.39, 0.29) is 0 Å². The van der Waals surface area contributed by atoms with Crippen molar-refractivity contribution in [3.8, 4) is 5.82 Å². The quantitative estimate of drug-likeness (QED) is 0.637. The van der Waals surface area contributed by atoms with E-state index in [4.69, 9.17) is 0 Å². The minimum Gasteiger partial charge on any atom is -0.354 e. The van der Waals surface area contributed by atoms with Crippen LogP contribution in [0.4, 0.5) is 5.82 Å². The van der Waals surface area contributed by atoms with Gasteiger partial charge in [-0.05, 0) is 44.9 Å². The van der Waals surface area contributed by atoms with Gasteiger partial charge in [-0.1, -0.05) is 12.1 Å². The highest BCUT2D eigenvalue weighted by molar-refractivity contribution is 7.89. The fourth-order valence-corrected chi connectivity index (χ4v) is 5.39. The van der Waals surface area contributed by atoms with E-state index in [0.29, 0.717) is 31.1 Å². The fraction of sp³-hybridized carbons (Fsp3) is 0.381. The summed E-state index contributed by atoms with van der Waals surface area (Å²) >= 11 is 0. The van der Waals surface area contributed by atoms with Crippen LogP contribution in [0.1, 0.15) is 22.5 Å². The topological polar surface area (TPSA) is 84.2 Å². The molecule has 0 spiro atoms. The van der Waals surface area contributed by atoms with E-state index >= 15 is 0 Å². The van der Waals surface area contributed by atoms with Crippen LogP contribution in [-0.4, -0.2) is 58.4 Å². The summed E-state index contributed by atoms with van der Waals surface area (Å²) in [6.45, 7) is 9.68. The molecular formula is C21H26N6O2S. The van der Waals surface area contributed by atoms with Crippen molar-refractivity contribution < 1.29 is 8.42 Å². The molecule has 1 aliphatic rings. The van der Waals surface area contributed by atoms with E-state index < -0.39 is 10.0 Å². The molecule has 8 nitrogen and oxygen atoms in total. The number of hydrogen-bond acceptors (Lipinski definition) is 6. The minimum absolute atomic E-state index is 0.395. The predicted octanol–water partition coefficient (Wildman–Crippen LogP) is 2.41. The normalized spacial score (nSPS) is 15.5. The molecule has 4 rings (SSSR count). The van der Waals surface area contributed by atoms with Gasteiger partial charge < -0.3 is 4.90 Å². The Balaban J connectivity index is 1.52. The van der Waals surface area contributed by atoms with Crippen molar-refractivity contribution in [1.82, 2.24) is 23.8 Å². The third-order valence-electron chi connectivity index (χ3n) is 5.66. The first-order valence-corrected chi connectivity index (χ1v) is 11.4. The average molecular weight is 427 g/mol. The molecule has 0 unspecified atom stereocenters. The van der Waals surface area contributed by atoms with Gasteiger partial charge in [-0.25, -0.2) is 23.4 Å². The Hall–Kier alpha value is -2.78. The van der Waals surface area contributed by atoms with Gasteiger partial charge in [-0.3, -0.25) is 4.57 Å². The standard InChI is InChI=1S/C21H26N6O2S/c1-15-5-6-16(2)19(11-15)30(28,29)26-9-7-25(8-10-26)20-12-21(23-13-22-20)27-14-24-17(3)18(27)4/h5-6,11-14H,7-10H2,1-4H3. The summed E-state index contributed by atoms with van der Waals surface area (Å²) in [6.07, 6.45) is 3.30. The van der Waals surface area contributed by atoms with Crippen LogP contribution in [0.25, 0.3) is 5.82 Å². The number of imidazole rings is 1. The lowest BCUT2D eigenvalue weighted by atomic mass is 10.2. The summed E-state index contributed by atoms with van der Waals surface area (Å²) in [7, 11) is -3.51. The van der Waals surface area contributed by atoms with E-state index in [1.54, 1.807) is 23.0 Å². The van der Waals surface area contributed by atoms with Crippen LogP contribution in [-0.2, 0) is 10.0 Å². The molecule has 1 aliphatic heterocycles. The molecule has 0 N–H and O–H groups in total. The SMILES string of the molecule is Cc1ccc(C)c(S(=O)(=O)N2CCN(c3cc(-n4cnc(C)c4C)ncn3)CC2)c1. The number of benzene rings is 1. The summed E-state index contributed by atoms with van der Waals surface area (Å²) in [5.74, 6) is 1.54. The summed E-state index contributed by atoms with van der Waals surface area (Å²) in [5.41, 5.74) is 3.70. The molecule has 1 saturated heterocycles. The molecule has 1 aromatic carbocycles. The molecule has 3 heterocycles. The van der Waals surface area contributed by atoms with Gasteiger partial charge in [0.1, 0.15) is 24.3 Å². The van der Waals surface area contributed by atoms with Gasteiger partial charge in [0, 0.05) is 37.9 Å². The molecule has 30 heavy (non-hydrogen) atoms. The van der Waals surface area contributed by atoms with Crippen molar-refractivity contribution in [3.63, 3.8) is 0 Å². The Morgan fingerprint density at radius 2 is 1.57 bits per heavy atom. The molecule has 3 aromatic rings.